The first-order valence-electron chi connectivity index (χ1n) is 11.8. The summed E-state index contributed by atoms with van der Waals surface area (Å²) < 4.78 is 8.27. The maximum Gasteiger partial charge on any atom is 0.310 e. The summed E-state index contributed by atoms with van der Waals surface area (Å²) in [5, 5.41) is 0. The van der Waals surface area contributed by atoms with Crippen molar-refractivity contribution in [1.82, 2.24) is 0 Å². The first-order chi connectivity index (χ1) is 17.6. The molecule has 0 aliphatic rings. The lowest BCUT2D eigenvalue weighted by Crippen LogP contribution is -2.31. The number of benzene rings is 2. The number of ketones is 1. The van der Waals surface area contributed by atoms with Crippen LogP contribution in [0.15, 0.2) is 95.5 Å². The molecule has 0 saturated heterocycles. The third-order valence-corrected chi connectivity index (χ3v) is 7.92. The predicted molar refractivity (Wildman–Crippen MR) is 147 cm³/mol. The third kappa shape index (κ3) is 6.39. The van der Waals surface area contributed by atoms with Crippen molar-refractivity contribution in [3.63, 3.8) is 0 Å². The number of aryl methyl sites for hydroxylation is 1. The monoisotopic (exact) mass is 514 g/mol. The average Bonchev–Trinajstić information content (AvgIpc) is 3.25. The van der Waals surface area contributed by atoms with E-state index in [9.17, 15) is 9.59 Å². The van der Waals surface area contributed by atoms with Gasteiger partial charge in [0.1, 0.15) is 4.21 Å². The standard InChI is InChI=1S/C30H28NO3S2/c1-3-34-26(32)21-25-27(31-18-16-22(2)17-19-31)30(35-20-10-13-23-11-6-4-7-12-23)36-29(25)28(33)24-14-8-5-9-15-24/h4-19H,3,20-21H2,1-2H3/q+1/b13-10+. The van der Waals surface area contributed by atoms with Crippen LogP contribution in [0.1, 0.15) is 38.8 Å². The molecule has 0 bridgehead atoms. The SMILES string of the molecule is CCOC(=O)Cc1c(C(=O)c2ccccc2)sc(SC/C=C/c2ccccc2)c1-[n+]1ccc(C)cc1. The van der Waals surface area contributed by atoms with Gasteiger partial charge >= 0.3 is 5.97 Å². The van der Waals surface area contributed by atoms with Crippen LogP contribution in [-0.2, 0) is 16.0 Å². The van der Waals surface area contributed by atoms with Gasteiger partial charge in [0, 0.05) is 23.4 Å². The third-order valence-electron chi connectivity index (χ3n) is 5.49. The van der Waals surface area contributed by atoms with E-state index in [1.165, 1.54) is 11.3 Å². The minimum Gasteiger partial charge on any atom is -0.466 e. The van der Waals surface area contributed by atoms with Crippen molar-refractivity contribution in [1.29, 1.82) is 0 Å². The van der Waals surface area contributed by atoms with Gasteiger partial charge in [-0.3, -0.25) is 9.59 Å². The van der Waals surface area contributed by atoms with E-state index in [4.69, 9.17) is 4.74 Å². The number of thioether (sulfide) groups is 1. The van der Waals surface area contributed by atoms with E-state index < -0.39 is 0 Å². The number of carbonyl (C=O) groups excluding carboxylic acids is 2. The average molecular weight is 515 g/mol. The first-order valence-corrected chi connectivity index (χ1v) is 13.6. The molecule has 0 N–H and O–H groups in total. The fourth-order valence-corrected chi connectivity index (χ4v) is 6.15. The van der Waals surface area contributed by atoms with Gasteiger partial charge in [-0.05, 0) is 25.0 Å². The molecular formula is C30H28NO3S2+. The van der Waals surface area contributed by atoms with Crippen molar-refractivity contribution in [2.75, 3.05) is 12.4 Å². The van der Waals surface area contributed by atoms with E-state index in [1.807, 2.05) is 84.5 Å². The van der Waals surface area contributed by atoms with E-state index in [1.54, 1.807) is 18.7 Å². The molecule has 0 fully saturated rings. The van der Waals surface area contributed by atoms with Crippen LogP contribution in [0.3, 0.4) is 0 Å². The van der Waals surface area contributed by atoms with Crippen molar-refractivity contribution in [3.8, 4) is 5.69 Å². The number of rotatable bonds is 10. The summed E-state index contributed by atoms with van der Waals surface area (Å²) in [6.45, 7) is 4.12. The van der Waals surface area contributed by atoms with Crippen LogP contribution in [0, 0.1) is 6.92 Å². The molecule has 0 aliphatic carbocycles. The van der Waals surface area contributed by atoms with Crippen LogP contribution in [0.4, 0.5) is 0 Å². The lowest BCUT2D eigenvalue weighted by Gasteiger charge is -2.05. The Balaban J connectivity index is 1.76. The van der Waals surface area contributed by atoms with Crippen LogP contribution in [0.25, 0.3) is 11.8 Å². The van der Waals surface area contributed by atoms with Crippen molar-refractivity contribution in [2.45, 2.75) is 24.5 Å². The summed E-state index contributed by atoms with van der Waals surface area (Å²) in [5.41, 5.74) is 4.44. The molecule has 4 nitrogen and oxygen atoms in total. The molecule has 4 aromatic rings. The minimum atomic E-state index is -0.341. The molecule has 6 heteroatoms. The molecule has 0 amide bonds. The molecule has 182 valence electrons. The van der Waals surface area contributed by atoms with Gasteiger partial charge in [0.15, 0.2) is 12.4 Å². The zero-order valence-corrected chi connectivity index (χ0v) is 22.0. The number of esters is 1. The molecule has 0 aliphatic heterocycles. The second-order valence-electron chi connectivity index (χ2n) is 8.13. The molecule has 0 saturated carbocycles. The molecule has 36 heavy (non-hydrogen) atoms. The van der Waals surface area contributed by atoms with E-state index in [0.29, 0.717) is 22.6 Å². The van der Waals surface area contributed by atoms with Crippen molar-refractivity contribution in [3.05, 3.63) is 118 Å². The Bertz CT molecular complexity index is 1340. The van der Waals surface area contributed by atoms with Crippen LogP contribution in [0.5, 0.6) is 0 Å². The Labute approximate surface area is 220 Å². The maximum atomic E-state index is 13.6. The van der Waals surface area contributed by atoms with Gasteiger partial charge in [-0.25, -0.2) is 0 Å². The second kappa shape index (κ2) is 12.5. The van der Waals surface area contributed by atoms with Gasteiger partial charge in [0.2, 0.25) is 11.5 Å². The van der Waals surface area contributed by atoms with E-state index >= 15 is 0 Å². The van der Waals surface area contributed by atoms with Crippen LogP contribution < -0.4 is 4.57 Å². The largest absolute Gasteiger partial charge is 0.466 e. The van der Waals surface area contributed by atoms with Gasteiger partial charge in [0.25, 0.3) is 0 Å². The highest BCUT2D eigenvalue weighted by Crippen LogP contribution is 2.38. The number of thiophene rings is 1. The fourth-order valence-electron chi connectivity index (χ4n) is 3.74. The fraction of sp³-hybridized carbons (Fsp3) is 0.167. The topological polar surface area (TPSA) is 47.3 Å². The second-order valence-corrected chi connectivity index (χ2v) is 10.4. The van der Waals surface area contributed by atoms with E-state index in [-0.39, 0.29) is 18.2 Å². The number of aromatic nitrogens is 1. The number of hydrogen-bond donors (Lipinski definition) is 0. The zero-order chi connectivity index (χ0) is 25.3. The Morgan fingerprint density at radius 1 is 0.972 bits per heavy atom. The zero-order valence-electron chi connectivity index (χ0n) is 20.3. The number of carbonyl (C=O) groups is 2. The molecule has 4 rings (SSSR count). The highest BCUT2D eigenvalue weighted by molar-refractivity contribution is 8.01. The molecule has 2 aromatic heterocycles. The molecule has 0 unspecified atom stereocenters. The van der Waals surface area contributed by atoms with Gasteiger partial charge in [-0.2, -0.15) is 4.57 Å². The summed E-state index contributed by atoms with van der Waals surface area (Å²) in [6.07, 6.45) is 8.20. The summed E-state index contributed by atoms with van der Waals surface area (Å²) in [4.78, 5) is 26.8. The van der Waals surface area contributed by atoms with Crippen LogP contribution in [-0.4, -0.2) is 24.1 Å². The molecule has 0 spiro atoms. The maximum absolute atomic E-state index is 13.6. The summed E-state index contributed by atoms with van der Waals surface area (Å²) in [6, 6.07) is 23.4. The predicted octanol–water partition coefficient (Wildman–Crippen LogP) is 6.48. The Morgan fingerprint density at radius 3 is 2.31 bits per heavy atom. The molecule has 2 aromatic carbocycles. The van der Waals surface area contributed by atoms with E-state index in [0.717, 1.165) is 26.8 Å². The number of nitrogens with zero attached hydrogens (tertiary/aromatic N) is 1. The summed E-state index contributed by atoms with van der Waals surface area (Å²) in [5.74, 6) is 0.305. The van der Waals surface area contributed by atoms with Gasteiger partial charge in [-0.1, -0.05) is 72.8 Å². The summed E-state index contributed by atoms with van der Waals surface area (Å²) in [7, 11) is 0. The highest BCUT2D eigenvalue weighted by atomic mass is 32.2. The Morgan fingerprint density at radius 2 is 1.64 bits per heavy atom. The minimum absolute atomic E-state index is 0.0366. The molecule has 2 heterocycles. The summed E-state index contributed by atoms with van der Waals surface area (Å²) >= 11 is 3.11. The van der Waals surface area contributed by atoms with Gasteiger partial charge in [0.05, 0.1) is 23.5 Å². The smallest absolute Gasteiger partial charge is 0.310 e. The first kappa shape index (κ1) is 25.6. The van der Waals surface area contributed by atoms with Crippen molar-refractivity contribution < 1.29 is 18.9 Å². The lowest BCUT2D eigenvalue weighted by atomic mass is 10.0. The van der Waals surface area contributed by atoms with E-state index in [2.05, 4.69) is 24.3 Å². The lowest BCUT2D eigenvalue weighted by molar-refractivity contribution is -0.598. The van der Waals surface area contributed by atoms with Crippen LogP contribution in [0.2, 0.25) is 0 Å². The quantitative estimate of drug-likeness (QED) is 0.105. The molecular weight excluding hydrogens is 486 g/mol. The highest BCUT2D eigenvalue weighted by Gasteiger charge is 2.31. The Kier molecular flexibility index (Phi) is 8.87. The number of pyridine rings is 1. The number of ether oxygens (including phenoxy) is 1. The van der Waals surface area contributed by atoms with Crippen molar-refractivity contribution >= 4 is 40.9 Å². The van der Waals surface area contributed by atoms with Crippen molar-refractivity contribution in [2.24, 2.45) is 0 Å². The van der Waals surface area contributed by atoms with Gasteiger partial charge < -0.3 is 4.74 Å². The normalized spacial score (nSPS) is 11.1. The molecule has 0 atom stereocenters. The molecule has 0 radical (unpaired) electrons. The van der Waals surface area contributed by atoms with Crippen LogP contribution >= 0.6 is 23.1 Å². The van der Waals surface area contributed by atoms with Gasteiger partial charge in [-0.15, -0.1) is 23.1 Å². The Hall–Kier alpha value is -3.48. The number of hydrogen-bond acceptors (Lipinski definition) is 5.